The van der Waals surface area contributed by atoms with E-state index in [4.69, 9.17) is 0 Å². The topological polar surface area (TPSA) is 12.0 Å². The molecule has 0 aliphatic rings. The lowest BCUT2D eigenvalue weighted by Gasteiger charge is -2.17. The zero-order chi connectivity index (χ0) is 14.5. The summed E-state index contributed by atoms with van der Waals surface area (Å²) in [5.74, 6) is -1.60. The molecule has 0 bridgehead atoms. The van der Waals surface area contributed by atoms with Crippen molar-refractivity contribution in [3.05, 3.63) is 69.7 Å². The van der Waals surface area contributed by atoms with Crippen LogP contribution in [0.4, 0.5) is 8.78 Å². The Labute approximate surface area is 126 Å². The van der Waals surface area contributed by atoms with Gasteiger partial charge in [0.1, 0.15) is 0 Å². The van der Waals surface area contributed by atoms with Gasteiger partial charge in [0.25, 0.3) is 0 Å². The molecule has 0 amide bonds. The summed E-state index contributed by atoms with van der Waals surface area (Å²) in [6.45, 7) is 0. The Morgan fingerprint density at radius 2 is 1.80 bits per heavy atom. The first-order valence-electron chi connectivity index (χ1n) is 6.44. The predicted octanol–water partition coefficient (Wildman–Crippen LogP) is 4.10. The van der Waals surface area contributed by atoms with Crippen LogP contribution >= 0.6 is 15.9 Å². The second kappa shape index (κ2) is 6.95. The van der Waals surface area contributed by atoms with Crippen LogP contribution in [0.3, 0.4) is 0 Å². The van der Waals surface area contributed by atoms with Crippen molar-refractivity contribution in [2.24, 2.45) is 0 Å². The van der Waals surface area contributed by atoms with Crippen LogP contribution in [0.5, 0.6) is 0 Å². The van der Waals surface area contributed by atoms with Gasteiger partial charge in [-0.25, -0.2) is 8.78 Å². The molecule has 0 saturated heterocycles. The van der Waals surface area contributed by atoms with Crippen molar-refractivity contribution in [1.82, 2.24) is 5.32 Å². The number of halogens is 3. The summed E-state index contributed by atoms with van der Waals surface area (Å²) in [6.07, 6.45) is 1.46. The summed E-state index contributed by atoms with van der Waals surface area (Å²) in [5.41, 5.74) is 1.98. The van der Waals surface area contributed by atoms with E-state index in [1.165, 1.54) is 17.7 Å². The minimum absolute atomic E-state index is 0.165. The molecule has 0 spiro atoms. The summed E-state index contributed by atoms with van der Waals surface area (Å²) in [4.78, 5) is 0. The van der Waals surface area contributed by atoms with Crippen molar-refractivity contribution in [2.75, 3.05) is 7.05 Å². The van der Waals surface area contributed by atoms with Gasteiger partial charge in [0, 0.05) is 10.5 Å². The fourth-order valence-corrected chi connectivity index (χ4v) is 2.60. The van der Waals surface area contributed by atoms with Crippen LogP contribution in [0.2, 0.25) is 0 Å². The van der Waals surface area contributed by atoms with Crippen molar-refractivity contribution in [1.29, 1.82) is 0 Å². The maximum absolute atomic E-state index is 13.2. The lowest BCUT2D eigenvalue weighted by atomic mass is 9.99. The number of nitrogens with one attached hydrogen (secondary N) is 1. The second-order valence-corrected chi connectivity index (χ2v) is 5.59. The molecular formula is C16H16BrF2N. The lowest BCUT2D eigenvalue weighted by Crippen LogP contribution is -2.30. The van der Waals surface area contributed by atoms with Crippen LogP contribution < -0.4 is 5.32 Å². The van der Waals surface area contributed by atoms with E-state index in [2.05, 4.69) is 27.3 Å². The van der Waals surface area contributed by atoms with E-state index >= 15 is 0 Å². The van der Waals surface area contributed by atoms with Gasteiger partial charge in [0.05, 0.1) is 0 Å². The fraction of sp³-hybridized carbons (Fsp3) is 0.250. The summed E-state index contributed by atoms with van der Waals surface area (Å²) in [5, 5.41) is 3.22. The average molecular weight is 340 g/mol. The highest BCUT2D eigenvalue weighted by Gasteiger charge is 2.12. The molecule has 0 heterocycles. The molecule has 2 aromatic rings. The molecule has 0 saturated carbocycles. The molecule has 1 nitrogen and oxygen atoms in total. The molecule has 0 aromatic heterocycles. The van der Waals surface area contributed by atoms with Crippen LogP contribution in [0.15, 0.2) is 46.9 Å². The van der Waals surface area contributed by atoms with Gasteiger partial charge in [0.2, 0.25) is 0 Å². The zero-order valence-electron chi connectivity index (χ0n) is 11.2. The molecular weight excluding hydrogens is 324 g/mol. The number of hydrogen-bond donors (Lipinski definition) is 1. The molecule has 0 aliphatic heterocycles. The number of likely N-dealkylation sites (N-methyl/N-ethyl adjacent to an activating group) is 1. The lowest BCUT2D eigenvalue weighted by molar-refractivity contribution is 0.503. The highest BCUT2D eigenvalue weighted by Crippen LogP contribution is 2.19. The maximum Gasteiger partial charge on any atom is 0.159 e. The largest absolute Gasteiger partial charge is 0.316 e. The van der Waals surface area contributed by atoms with E-state index in [0.29, 0.717) is 6.42 Å². The molecule has 106 valence electrons. The van der Waals surface area contributed by atoms with Crippen molar-refractivity contribution in [3.8, 4) is 0 Å². The van der Waals surface area contributed by atoms with E-state index < -0.39 is 11.6 Å². The smallest absolute Gasteiger partial charge is 0.159 e. The van der Waals surface area contributed by atoms with E-state index in [0.717, 1.165) is 16.5 Å². The first-order chi connectivity index (χ1) is 9.60. The Kier molecular flexibility index (Phi) is 5.26. The van der Waals surface area contributed by atoms with E-state index in [-0.39, 0.29) is 6.04 Å². The summed E-state index contributed by atoms with van der Waals surface area (Å²) in [6, 6.07) is 12.2. The predicted molar refractivity (Wildman–Crippen MR) is 80.8 cm³/mol. The van der Waals surface area contributed by atoms with Gasteiger partial charge in [-0.2, -0.15) is 0 Å². The summed E-state index contributed by atoms with van der Waals surface area (Å²) in [7, 11) is 1.88. The SMILES string of the molecule is CNC(Cc1ccc(F)c(F)c1)Cc1ccccc1Br. The molecule has 0 radical (unpaired) electrons. The van der Waals surface area contributed by atoms with Gasteiger partial charge in [-0.05, 0) is 49.2 Å². The van der Waals surface area contributed by atoms with E-state index in [9.17, 15) is 8.78 Å². The Balaban J connectivity index is 2.09. The highest BCUT2D eigenvalue weighted by atomic mass is 79.9. The van der Waals surface area contributed by atoms with Crippen LogP contribution in [0, 0.1) is 11.6 Å². The Morgan fingerprint density at radius 1 is 1.05 bits per heavy atom. The minimum atomic E-state index is -0.805. The summed E-state index contributed by atoms with van der Waals surface area (Å²) < 4.78 is 27.2. The monoisotopic (exact) mass is 339 g/mol. The van der Waals surface area contributed by atoms with Crippen molar-refractivity contribution in [3.63, 3.8) is 0 Å². The normalized spacial score (nSPS) is 12.4. The van der Waals surface area contributed by atoms with Gasteiger partial charge in [0.15, 0.2) is 11.6 Å². The number of benzene rings is 2. The number of hydrogen-bond acceptors (Lipinski definition) is 1. The molecule has 2 rings (SSSR count). The molecule has 0 aliphatic carbocycles. The van der Waals surface area contributed by atoms with Gasteiger partial charge < -0.3 is 5.32 Å². The number of rotatable bonds is 5. The molecule has 1 unspecified atom stereocenters. The fourth-order valence-electron chi connectivity index (χ4n) is 2.16. The van der Waals surface area contributed by atoms with Crippen LogP contribution in [0.1, 0.15) is 11.1 Å². The third kappa shape index (κ3) is 3.87. The van der Waals surface area contributed by atoms with E-state index in [1.54, 1.807) is 6.07 Å². The Morgan fingerprint density at radius 3 is 2.45 bits per heavy atom. The average Bonchev–Trinajstić information content (AvgIpc) is 2.44. The van der Waals surface area contributed by atoms with Gasteiger partial charge in [-0.3, -0.25) is 0 Å². The van der Waals surface area contributed by atoms with Crippen LogP contribution in [0.25, 0.3) is 0 Å². The molecule has 20 heavy (non-hydrogen) atoms. The third-order valence-electron chi connectivity index (χ3n) is 3.30. The van der Waals surface area contributed by atoms with Crippen LogP contribution in [-0.4, -0.2) is 13.1 Å². The van der Waals surface area contributed by atoms with Gasteiger partial charge in [-0.15, -0.1) is 0 Å². The zero-order valence-corrected chi connectivity index (χ0v) is 12.8. The van der Waals surface area contributed by atoms with Gasteiger partial charge in [-0.1, -0.05) is 40.2 Å². The quantitative estimate of drug-likeness (QED) is 0.864. The van der Waals surface area contributed by atoms with Crippen molar-refractivity contribution < 1.29 is 8.78 Å². The molecule has 2 aromatic carbocycles. The molecule has 1 atom stereocenters. The van der Waals surface area contributed by atoms with Crippen molar-refractivity contribution in [2.45, 2.75) is 18.9 Å². The minimum Gasteiger partial charge on any atom is -0.316 e. The Hall–Kier alpha value is -1.26. The highest BCUT2D eigenvalue weighted by molar-refractivity contribution is 9.10. The maximum atomic E-state index is 13.2. The second-order valence-electron chi connectivity index (χ2n) is 4.73. The Bertz CT molecular complexity index is 586. The standard InChI is InChI=1S/C16H16BrF2N/c1-20-13(10-12-4-2-3-5-14(12)17)8-11-6-7-15(18)16(19)9-11/h2-7,9,13,20H,8,10H2,1H3. The van der Waals surface area contributed by atoms with Crippen LogP contribution in [-0.2, 0) is 12.8 Å². The van der Waals surface area contributed by atoms with Gasteiger partial charge >= 0.3 is 0 Å². The first-order valence-corrected chi connectivity index (χ1v) is 7.24. The van der Waals surface area contributed by atoms with E-state index in [1.807, 2.05) is 25.2 Å². The molecule has 0 fully saturated rings. The van der Waals surface area contributed by atoms with Crippen molar-refractivity contribution >= 4 is 15.9 Å². The molecule has 1 N–H and O–H groups in total. The molecule has 4 heteroatoms. The summed E-state index contributed by atoms with van der Waals surface area (Å²) >= 11 is 3.52. The first kappa shape index (κ1) is 15.1. The third-order valence-corrected chi connectivity index (χ3v) is 4.07.